The van der Waals surface area contributed by atoms with Gasteiger partial charge in [0.05, 0.1) is 16.6 Å². The van der Waals surface area contributed by atoms with Crippen LogP contribution in [-0.2, 0) is 0 Å². The van der Waals surface area contributed by atoms with Crippen molar-refractivity contribution in [3.63, 3.8) is 0 Å². The molecule has 5 nitrogen and oxygen atoms in total. The third-order valence-electron chi connectivity index (χ3n) is 4.29. The number of hydrogen-bond acceptors (Lipinski definition) is 3. The summed E-state index contributed by atoms with van der Waals surface area (Å²) in [6.45, 7) is 3.94. The van der Waals surface area contributed by atoms with Crippen LogP contribution in [0.25, 0.3) is 17.3 Å². The zero-order valence-corrected chi connectivity index (χ0v) is 14.5. The summed E-state index contributed by atoms with van der Waals surface area (Å²) < 4.78 is 2.02. The fourth-order valence-electron chi connectivity index (χ4n) is 3.01. The Morgan fingerprint density at radius 1 is 1.12 bits per heavy atom. The molecule has 5 heteroatoms. The van der Waals surface area contributed by atoms with Crippen molar-refractivity contribution < 1.29 is 4.92 Å². The topological polar surface area (TPSA) is 71.9 Å². The van der Waals surface area contributed by atoms with Crippen LogP contribution in [0, 0.1) is 35.3 Å². The SMILES string of the molecule is Cc1cc(/C=C(\C#N)c2ccccc2)c(C)n1-c1ccc([N+](=O)[O-])cc1. The number of hydrogen-bond donors (Lipinski definition) is 0. The van der Waals surface area contributed by atoms with Crippen molar-refractivity contribution >= 4 is 17.3 Å². The van der Waals surface area contributed by atoms with E-state index in [-0.39, 0.29) is 5.69 Å². The first-order valence-corrected chi connectivity index (χ1v) is 8.12. The highest BCUT2D eigenvalue weighted by molar-refractivity contribution is 5.90. The molecular formula is C21H17N3O2. The first-order chi connectivity index (χ1) is 12.5. The third kappa shape index (κ3) is 3.26. The van der Waals surface area contributed by atoms with Crippen LogP contribution in [0.3, 0.4) is 0 Å². The van der Waals surface area contributed by atoms with Gasteiger partial charge in [0.25, 0.3) is 5.69 Å². The minimum atomic E-state index is -0.410. The number of aromatic nitrogens is 1. The molecule has 0 N–H and O–H groups in total. The van der Waals surface area contributed by atoms with Gasteiger partial charge in [-0.2, -0.15) is 5.26 Å². The van der Waals surface area contributed by atoms with Crippen molar-refractivity contribution in [2.45, 2.75) is 13.8 Å². The highest BCUT2D eigenvalue weighted by Crippen LogP contribution is 2.26. The van der Waals surface area contributed by atoms with Crippen LogP contribution in [0.1, 0.15) is 22.5 Å². The monoisotopic (exact) mass is 343 g/mol. The molecule has 0 bridgehead atoms. The summed E-state index contributed by atoms with van der Waals surface area (Å²) in [5.74, 6) is 0. The lowest BCUT2D eigenvalue weighted by Crippen LogP contribution is -1.99. The molecule has 3 rings (SSSR count). The quantitative estimate of drug-likeness (QED) is 0.377. The Morgan fingerprint density at radius 2 is 1.77 bits per heavy atom. The van der Waals surface area contributed by atoms with Gasteiger partial charge < -0.3 is 4.57 Å². The molecule has 0 aliphatic heterocycles. The van der Waals surface area contributed by atoms with Gasteiger partial charge in [-0.15, -0.1) is 0 Å². The van der Waals surface area contributed by atoms with Gasteiger partial charge in [0.1, 0.15) is 0 Å². The van der Waals surface area contributed by atoms with Gasteiger partial charge in [-0.05, 0) is 49.2 Å². The summed E-state index contributed by atoms with van der Waals surface area (Å²) in [4.78, 5) is 10.4. The van der Waals surface area contributed by atoms with Crippen molar-refractivity contribution in [1.29, 1.82) is 5.26 Å². The average molecular weight is 343 g/mol. The van der Waals surface area contributed by atoms with Crippen molar-refractivity contribution in [1.82, 2.24) is 4.57 Å². The lowest BCUT2D eigenvalue weighted by molar-refractivity contribution is -0.384. The molecule has 0 atom stereocenters. The number of aryl methyl sites for hydroxylation is 1. The maximum atomic E-state index is 10.8. The van der Waals surface area contributed by atoms with Crippen molar-refractivity contribution in [3.8, 4) is 11.8 Å². The van der Waals surface area contributed by atoms with Crippen LogP contribution in [0.5, 0.6) is 0 Å². The van der Waals surface area contributed by atoms with Crippen LogP contribution >= 0.6 is 0 Å². The van der Waals surface area contributed by atoms with E-state index in [2.05, 4.69) is 6.07 Å². The first kappa shape index (κ1) is 17.2. The van der Waals surface area contributed by atoms with Crippen LogP contribution < -0.4 is 0 Å². The number of nitrogens with zero attached hydrogens (tertiary/aromatic N) is 3. The molecule has 26 heavy (non-hydrogen) atoms. The van der Waals surface area contributed by atoms with Gasteiger partial charge in [-0.3, -0.25) is 10.1 Å². The largest absolute Gasteiger partial charge is 0.318 e. The summed E-state index contributed by atoms with van der Waals surface area (Å²) in [6, 6.07) is 20.3. The van der Waals surface area contributed by atoms with E-state index in [0.717, 1.165) is 28.2 Å². The maximum absolute atomic E-state index is 10.8. The Hall–Kier alpha value is -3.65. The first-order valence-electron chi connectivity index (χ1n) is 8.12. The van der Waals surface area contributed by atoms with Gasteiger partial charge in [-0.1, -0.05) is 30.3 Å². The second kappa shape index (κ2) is 7.08. The highest BCUT2D eigenvalue weighted by atomic mass is 16.6. The molecule has 0 saturated carbocycles. The Bertz CT molecular complexity index is 1020. The van der Waals surface area contributed by atoms with Crippen LogP contribution in [0.2, 0.25) is 0 Å². The molecule has 0 amide bonds. The summed E-state index contributed by atoms with van der Waals surface area (Å²) in [5, 5.41) is 20.4. The Kier molecular flexibility index (Phi) is 4.68. The Morgan fingerprint density at radius 3 is 2.35 bits per heavy atom. The average Bonchev–Trinajstić information content (AvgIpc) is 2.93. The number of nitriles is 1. The van der Waals surface area contributed by atoms with Crippen LogP contribution in [0.15, 0.2) is 60.7 Å². The van der Waals surface area contributed by atoms with E-state index < -0.39 is 4.92 Å². The van der Waals surface area contributed by atoms with E-state index in [1.807, 2.05) is 60.9 Å². The van der Waals surface area contributed by atoms with Crippen LogP contribution in [0.4, 0.5) is 5.69 Å². The number of nitro groups is 1. The standard InChI is InChI=1S/C21H17N3O2/c1-15-12-18(13-19(14-22)17-6-4-3-5-7-17)16(2)23(15)20-8-10-21(11-9-20)24(25)26/h3-13H,1-2H3/b19-13+. The van der Waals surface area contributed by atoms with Gasteiger partial charge in [0.15, 0.2) is 0 Å². The van der Waals surface area contributed by atoms with Gasteiger partial charge >= 0.3 is 0 Å². The van der Waals surface area contributed by atoms with E-state index in [4.69, 9.17) is 0 Å². The number of allylic oxidation sites excluding steroid dienone is 1. The molecule has 1 heterocycles. The zero-order chi connectivity index (χ0) is 18.7. The minimum Gasteiger partial charge on any atom is -0.318 e. The Labute approximate surface area is 151 Å². The maximum Gasteiger partial charge on any atom is 0.269 e. The normalized spacial score (nSPS) is 11.2. The fourth-order valence-corrected chi connectivity index (χ4v) is 3.01. The van der Waals surface area contributed by atoms with Crippen LogP contribution in [-0.4, -0.2) is 9.49 Å². The van der Waals surface area contributed by atoms with Gasteiger partial charge in [-0.25, -0.2) is 0 Å². The second-order valence-electron chi connectivity index (χ2n) is 5.97. The molecule has 2 aromatic carbocycles. The molecule has 1 aromatic heterocycles. The second-order valence-corrected chi connectivity index (χ2v) is 5.97. The highest BCUT2D eigenvalue weighted by Gasteiger charge is 2.12. The molecule has 3 aromatic rings. The molecule has 0 fully saturated rings. The number of non-ortho nitro benzene ring substituents is 1. The fraction of sp³-hybridized carbons (Fsp3) is 0.0952. The van der Waals surface area contributed by atoms with Gasteiger partial charge in [0.2, 0.25) is 0 Å². The molecule has 0 spiro atoms. The molecule has 0 saturated heterocycles. The van der Waals surface area contributed by atoms with E-state index >= 15 is 0 Å². The van der Waals surface area contributed by atoms with E-state index in [9.17, 15) is 15.4 Å². The smallest absolute Gasteiger partial charge is 0.269 e. The number of rotatable bonds is 4. The molecule has 0 radical (unpaired) electrons. The van der Waals surface area contributed by atoms with Gasteiger partial charge in [0, 0.05) is 29.2 Å². The molecule has 0 aliphatic carbocycles. The summed E-state index contributed by atoms with van der Waals surface area (Å²) >= 11 is 0. The predicted octanol–water partition coefficient (Wildman–Crippen LogP) is 5.07. The molecule has 0 unspecified atom stereocenters. The summed E-state index contributed by atoms with van der Waals surface area (Å²) in [5.41, 5.74) is 5.29. The lowest BCUT2D eigenvalue weighted by Gasteiger charge is -2.09. The predicted molar refractivity (Wildman–Crippen MR) is 102 cm³/mol. The zero-order valence-electron chi connectivity index (χ0n) is 14.5. The molecular weight excluding hydrogens is 326 g/mol. The van der Waals surface area contributed by atoms with Crippen molar-refractivity contribution in [2.24, 2.45) is 0 Å². The van der Waals surface area contributed by atoms with E-state index in [1.54, 1.807) is 12.1 Å². The number of nitro benzene ring substituents is 1. The van der Waals surface area contributed by atoms with Crippen molar-refractivity contribution in [2.75, 3.05) is 0 Å². The number of benzene rings is 2. The van der Waals surface area contributed by atoms with E-state index in [0.29, 0.717) is 5.57 Å². The Balaban J connectivity index is 2.04. The molecule has 128 valence electrons. The summed E-state index contributed by atoms with van der Waals surface area (Å²) in [7, 11) is 0. The van der Waals surface area contributed by atoms with Crippen molar-refractivity contribution in [3.05, 3.63) is 93.3 Å². The minimum absolute atomic E-state index is 0.0622. The lowest BCUT2D eigenvalue weighted by atomic mass is 10.0. The summed E-state index contributed by atoms with van der Waals surface area (Å²) in [6.07, 6.45) is 1.87. The third-order valence-corrected chi connectivity index (χ3v) is 4.29. The van der Waals surface area contributed by atoms with E-state index in [1.165, 1.54) is 12.1 Å². The molecule has 0 aliphatic rings.